The van der Waals surface area contributed by atoms with Crippen molar-refractivity contribution in [3.63, 3.8) is 0 Å². The van der Waals surface area contributed by atoms with Gasteiger partial charge in [0.05, 0.1) is 17.7 Å². The average Bonchev–Trinajstić information content (AvgIpc) is 3.65. The van der Waals surface area contributed by atoms with Gasteiger partial charge >= 0.3 is 5.97 Å². The van der Waals surface area contributed by atoms with Gasteiger partial charge < -0.3 is 15.2 Å². The van der Waals surface area contributed by atoms with Gasteiger partial charge in [-0.2, -0.15) is 0 Å². The number of hydrogen-bond donors (Lipinski definition) is 2. The number of nitrogens with one attached hydrogen (secondary N) is 1. The summed E-state index contributed by atoms with van der Waals surface area (Å²) in [5.74, 6) is -1.05. The maximum atomic E-state index is 14.0. The predicted molar refractivity (Wildman–Crippen MR) is 114 cm³/mol. The van der Waals surface area contributed by atoms with E-state index in [1.165, 1.54) is 6.07 Å². The van der Waals surface area contributed by atoms with E-state index in [1.807, 2.05) is 19.9 Å². The van der Waals surface area contributed by atoms with Crippen LogP contribution in [0, 0.1) is 11.7 Å². The number of carboxylic acid groups (broad SMARTS) is 1. The van der Waals surface area contributed by atoms with Gasteiger partial charge in [-0.3, -0.25) is 4.79 Å². The minimum absolute atomic E-state index is 0.0338. The Balaban J connectivity index is 1.42. The third-order valence-electron chi connectivity index (χ3n) is 6.17. The summed E-state index contributed by atoms with van der Waals surface area (Å²) in [5.41, 5.74) is 2.28. The van der Waals surface area contributed by atoms with E-state index in [2.05, 4.69) is 5.32 Å². The SMILES string of the molecule is CC(C)[C@@H](OCc1ccc(F)c(C2CC2)c1)C(=O)NC1(c2ccc(C(=O)O)cc2)CC1. The zero-order chi connectivity index (χ0) is 22.2. The molecule has 6 heteroatoms. The Bertz CT molecular complexity index is 978. The molecule has 0 radical (unpaired) electrons. The van der Waals surface area contributed by atoms with E-state index in [1.54, 1.807) is 30.3 Å². The van der Waals surface area contributed by atoms with Crippen molar-refractivity contribution >= 4 is 11.9 Å². The van der Waals surface area contributed by atoms with Crippen LogP contribution in [0.1, 0.15) is 72.5 Å². The summed E-state index contributed by atoms with van der Waals surface area (Å²) >= 11 is 0. The molecule has 2 aliphatic rings. The molecule has 2 aliphatic carbocycles. The summed E-state index contributed by atoms with van der Waals surface area (Å²) < 4.78 is 20.0. The molecule has 0 unspecified atom stereocenters. The molecule has 2 fully saturated rings. The highest BCUT2D eigenvalue weighted by molar-refractivity contribution is 5.87. The monoisotopic (exact) mass is 425 g/mol. The van der Waals surface area contributed by atoms with Crippen LogP contribution < -0.4 is 5.32 Å². The molecule has 2 aromatic carbocycles. The van der Waals surface area contributed by atoms with Gasteiger partial charge in [0, 0.05) is 0 Å². The summed E-state index contributed by atoms with van der Waals surface area (Å²) in [6, 6.07) is 11.7. The van der Waals surface area contributed by atoms with Gasteiger partial charge in [0.1, 0.15) is 11.9 Å². The highest BCUT2D eigenvalue weighted by Gasteiger charge is 2.47. The van der Waals surface area contributed by atoms with Crippen molar-refractivity contribution < 1.29 is 23.8 Å². The molecular formula is C25H28FNO4. The summed E-state index contributed by atoms with van der Waals surface area (Å²) in [4.78, 5) is 24.1. The number of benzene rings is 2. The molecular weight excluding hydrogens is 397 g/mol. The van der Waals surface area contributed by atoms with E-state index in [4.69, 9.17) is 9.84 Å². The average molecular weight is 426 g/mol. The number of aromatic carboxylic acids is 1. The van der Waals surface area contributed by atoms with Crippen LogP contribution in [0.2, 0.25) is 0 Å². The third kappa shape index (κ3) is 4.79. The predicted octanol–water partition coefficient (Wildman–Crippen LogP) is 4.75. The quantitative estimate of drug-likeness (QED) is 0.608. The lowest BCUT2D eigenvalue weighted by Crippen LogP contribution is -2.44. The zero-order valence-corrected chi connectivity index (χ0v) is 17.9. The molecule has 0 saturated heterocycles. The van der Waals surface area contributed by atoms with Crippen molar-refractivity contribution in [2.75, 3.05) is 0 Å². The molecule has 2 saturated carbocycles. The van der Waals surface area contributed by atoms with Crippen molar-refractivity contribution in [1.82, 2.24) is 5.32 Å². The van der Waals surface area contributed by atoms with E-state index < -0.39 is 17.6 Å². The van der Waals surface area contributed by atoms with Gasteiger partial charge in [-0.25, -0.2) is 9.18 Å². The number of ether oxygens (including phenoxy) is 1. The first-order valence-electron chi connectivity index (χ1n) is 10.8. The van der Waals surface area contributed by atoms with Crippen LogP contribution in [0.4, 0.5) is 4.39 Å². The fourth-order valence-electron chi connectivity index (χ4n) is 4.00. The number of carbonyl (C=O) groups excluding carboxylic acids is 1. The van der Waals surface area contributed by atoms with Gasteiger partial charge in [-0.05, 0) is 72.4 Å². The summed E-state index contributed by atoms with van der Waals surface area (Å²) in [6.45, 7) is 4.12. The molecule has 0 bridgehead atoms. The van der Waals surface area contributed by atoms with E-state index in [0.29, 0.717) is 5.92 Å². The van der Waals surface area contributed by atoms with Gasteiger partial charge in [0.25, 0.3) is 0 Å². The Kier molecular flexibility index (Phi) is 5.84. The number of hydrogen-bond acceptors (Lipinski definition) is 3. The minimum atomic E-state index is -0.973. The van der Waals surface area contributed by atoms with Crippen LogP contribution in [0.3, 0.4) is 0 Å². The molecule has 1 atom stereocenters. The van der Waals surface area contributed by atoms with Gasteiger partial charge in [0.2, 0.25) is 5.91 Å². The molecule has 1 amide bonds. The van der Waals surface area contributed by atoms with Crippen molar-refractivity contribution in [3.8, 4) is 0 Å². The lowest BCUT2D eigenvalue weighted by atomic mass is 10.0. The fourth-order valence-corrected chi connectivity index (χ4v) is 4.00. The van der Waals surface area contributed by atoms with E-state index in [9.17, 15) is 14.0 Å². The molecule has 2 N–H and O–H groups in total. The highest BCUT2D eigenvalue weighted by Crippen LogP contribution is 2.46. The van der Waals surface area contributed by atoms with Crippen LogP contribution in [0.5, 0.6) is 0 Å². The van der Waals surface area contributed by atoms with Crippen LogP contribution >= 0.6 is 0 Å². The molecule has 0 heterocycles. The standard InChI is InChI=1S/C25H28FNO4/c1-15(2)22(31-14-16-3-10-21(26)20(13-16)17-4-5-17)23(28)27-25(11-12-25)19-8-6-18(7-9-19)24(29)30/h3,6-10,13,15,17,22H,4-5,11-12,14H2,1-2H3,(H,27,28)(H,29,30)/t22-/m1/s1. The highest BCUT2D eigenvalue weighted by atomic mass is 19.1. The maximum Gasteiger partial charge on any atom is 0.335 e. The molecule has 0 aromatic heterocycles. The Morgan fingerprint density at radius 3 is 2.39 bits per heavy atom. The fraction of sp³-hybridized carbons (Fsp3) is 0.440. The zero-order valence-electron chi connectivity index (χ0n) is 17.9. The first-order chi connectivity index (χ1) is 14.8. The number of halogens is 1. The second-order valence-corrected chi connectivity index (χ2v) is 9.06. The molecule has 4 rings (SSSR count). The Labute approximate surface area is 181 Å². The molecule has 31 heavy (non-hydrogen) atoms. The summed E-state index contributed by atoms with van der Waals surface area (Å²) in [6.07, 6.45) is 3.02. The van der Waals surface area contributed by atoms with Crippen LogP contribution in [-0.2, 0) is 21.7 Å². The topological polar surface area (TPSA) is 75.6 Å². The first kappa shape index (κ1) is 21.5. The molecule has 0 aliphatic heterocycles. The van der Waals surface area contributed by atoms with Crippen LogP contribution in [-0.4, -0.2) is 23.1 Å². The smallest absolute Gasteiger partial charge is 0.335 e. The molecule has 2 aromatic rings. The normalized spacial score (nSPS) is 17.9. The summed E-state index contributed by atoms with van der Waals surface area (Å²) in [7, 11) is 0. The van der Waals surface area contributed by atoms with Crippen molar-refractivity contribution in [3.05, 3.63) is 70.5 Å². The van der Waals surface area contributed by atoms with Crippen LogP contribution in [0.15, 0.2) is 42.5 Å². The number of carbonyl (C=O) groups is 2. The van der Waals surface area contributed by atoms with E-state index in [-0.39, 0.29) is 29.8 Å². The van der Waals surface area contributed by atoms with E-state index >= 15 is 0 Å². The van der Waals surface area contributed by atoms with E-state index in [0.717, 1.165) is 42.4 Å². The molecule has 0 spiro atoms. The van der Waals surface area contributed by atoms with Gasteiger partial charge in [-0.1, -0.05) is 38.1 Å². The first-order valence-corrected chi connectivity index (χ1v) is 10.8. The number of carboxylic acids is 1. The lowest BCUT2D eigenvalue weighted by Gasteiger charge is -2.25. The lowest BCUT2D eigenvalue weighted by molar-refractivity contribution is -0.137. The van der Waals surface area contributed by atoms with Crippen LogP contribution in [0.25, 0.3) is 0 Å². The molecule has 5 nitrogen and oxygen atoms in total. The van der Waals surface area contributed by atoms with Gasteiger partial charge in [0.15, 0.2) is 0 Å². The Morgan fingerprint density at radius 2 is 1.84 bits per heavy atom. The summed E-state index contributed by atoms with van der Waals surface area (Å²) in [5, 5.41) is 12.2. The number of amides is 1. The largest absolute Gasteiger partial charge is 0.478 e. The van der Waals surface area contributed by atoms with Crippen molar-refractivity contribution in [2.45, 2.75) is 63.7 Å². The van der Waals surface area contributed by atoms with Gasteiger partial charge in [-0.15, -0.1) is 0 Å². The minimum Gasteiger partial charge on any atom is -0.478 e. The molecule has 164 valence electrons. The maximum absolute atomic E-state index is 14.0. The second kappa shape index (κ2) is 8.42. The Morgan fingerprint density at radius 1 is 1.16 bits per heavy atom. The van der Waals surface area contributed by atoms with Crippen molar-refractivity contribution in [1.29, 1.82) is 0 Å². The van der Waals surface area contributed by atoms with Crippen molar-refractivity contribution in [2.24, 2.45) is 5.92 Å². The second-order valence-electron chi connectivity index (χ2n) is 9.06. The third-order valence-corrected chi connectivity index (χ3v) is 6.17. The number of rotatable bonds is 9. The Hall–Kier alpha value is -2.73.